The molecule has 2 unspecified atom stereocenters. The quantitative estimate of drug-likeness (QED) is 0.698. The molecule has 6 heteroatoms. The summed E-state index contributed by atoms with van der Waals surface area (Å²) in [6.45, 7) is 4.40. The van der Waals surface area contributed by atoms with E-state index in [0.29, 0.717) is 11.9 Å². The lowest BCUT2D eigenvalue weighted by atomic mass is 9.92. The van der Waals surface area contributed by atoms with Crippen molar-refractivity contribution in [2.24, 2.45) is 0 Å². The third-order valence-corrected chi connectivity index (χ3v) is 5.22. The lowest BCUT2D eigenvalue weighted by Crippen LogP contribution is -2.28. The Kier molecular flexibility index (Phi) is 4.32. The minimum absolute atomic E-state index is 0.0814. The number of fused-ring (bicyclic) bond motifs is 1. The number of anilines is 2. The molecule has 1 aliphatic heterocycles. The molecule has 3 N–H and O–H groups in total. The van der Waals surface area contributed by atoms with Gasteiger partial charge in [-0.05, 0) is 41.2 Å². The van der Waals surface area contributed by atoms with Crippen LogP contribution in [-0.2, 0) is 0 Å². The number of nitrogens with one attached hydrogen (secondary N) is 1. The number of rotatable bonds is 3. The first-order valence-electron chi connectivity index (χ1n) is 8.85. The molecule has 4 rings (SSSR count). The van der Waals surface area contributed by atoms with Gasteiger partial charge in [0.2, 0.25) is 11.9 Å². The van der Waals surface area contributed by atoms with E-state index >= 15 is 0 Å². The van der Waals surface area contributed by atoms with Gasteiger partial charge in [-0.2, -0.15) is 4.98 Å². The van der Waals surface area contributed by atoms with Crippen LogP contribution < -0.4 is 11.1 Å². The first kappa shape index (κ1) is 16.9. The summed E-state index contributed by atoms with van der Waals surface area (Å²) in [5.74, 6) is 1.50. The van der Waals surface area contributed by atoms with Gasteiger partial charge in [0.25, 0.3) is 0 Å². The van der Waals surface area contributed by atoms with Gasteiger partial charge in [0.15, 0.2) is 0 Å². The van der Waals surface area contributed by atoms with Gasteiger partial charge in [0.05, 0.1) is 12.1 Å². The van der Waals surface area contributed by atoms with Crippen LogP contribution in [0.15, 0.2) is 48.5 Å². The normalized spacial score (nSPS) is 19.2. The Morgan fingerprint density at radius 1 is 1.08 bits per heavy atom. The van der Waals surface area contributed by atoms with Crippen LogP contribution in [0.25, 0.3) is 0 Å². The number of halogens is 1. The number of hydrogen-bond donors (Lipinski definition) is 2. The average molecular weight is 368 g/mol. The van der Waals surface area contributed by atoms with Gasteiger partial charge in [-0.1, -0.05) is 61.8 Å². The lowest BCUT2D eigenvalue weighted by molar-refractivity contribution is 0.431. The van der Waals surface area contributed by atoms with E-state index in [0.717, 1.165) is 11.4 Å². The van der Waals surface area contributed by atoms with Crippen LogP contribution in [0.3, 0.4) is 0 Å². The fourth-order valence-electron chi connectivity index (χ4n) is 3.49. The highest BCUT2D eigenvalue weighted by molar-refractivity contribution is 6.30. The predicted octanol–water partition coefficient (Wildman–Crippen LogP) is 4.78. The molecule has 0 amide bonds. The molecule has 2 aromatic carbocycles. The van der Waals surface area contributed by atoms with Crippen molar-refractivity contribution in [3.05, 3.63) is 70.2 Å². The third kappa shape index (κ3) is 3.15. The molecule has 0 fully saturated rings. The Bertz CT molecular complexity index is 899. The fraction of sp³-hybridized carbons (Fsp3) is 0.300. The maximum absolute atomic E-state index is 6.04. The molecule has 2 atom stereocenters. The molecule has 0 aliphatic carbocycles. The van der Waals surface area contributed by atoms with E-state index < -0.39 is 0 Å². The SMILES string of the molecule is CC(C)c1ccc(C2CC(c3ccc(Cl)cc3)Nc3nc(N)nn32)cc1. The summed E-state index contributed by atoms with van der Waals surface area (Å²) in [5, 5.41) is 8.59. The molecule has 1 aliphatic rings. The number of hydrogen-bond acceptors (Lipinski definition) is 4. The van der Waals surface area contributed by atoms with Gasteiger partial charge in [-0.3, -0.25) is 0 Å². The minimum Gasteiger partial charge on any atom is -0.366 e. The zero-order chi connectivity index (χ0) is 18.3. The van der Waals surface area contributed by atoms with Crippen molar-refractivity contribution in [2.75, 3.05) is 11.1 Å². The van der Waals surface area contributed by atoms with Gasteiger partial charge in [0.1, 0.15) is 0 Å². The highest BCUT2D eigenvalue weighted by atomic mass is 35.5. The van der Waals surface area contributed by atoms with E-state index in [-0.39, 0.29) is 18.0 Å². The van der Waals surface area contributed by atoms with Crippen molar-refractivity contribution in [3.8, 4) is 0 Å². The predicted molar refractivity (Wildman–Crippen MR) is 106 cm³/mol. The van der Waals surface area contributed by atoms with Crippen molar-refractivity contribution in [2.45, 2.75) is 38.3 Å². The van der Waals surface area contributed by atoms with Crippen molar-refractivity contribution in [1.82, 2.24) is 14.8 Å². The summed E-state index contributed by atoms with van der Waals surface area (Å²) in [7, 11) is 0. The Balaban J connectivity index is 1.71. The molecule has 0 spiro atoms. The number of nitrogens with two attached hydrogens (primary N) is 1. The molecule has 1 aromatic heterocycles. The minimum atomic E-state index is 0.0814. The summed E-state index contributed by atoms with van der Waals surface area (Å²) in [5.41, 5.74) is 9.58. The standard InChI is InChI=1S/C20H22ClN5/c1-12(2)13-3-5-15(6-4-13)18-11-17(14-7-9-16(21)10-8-14)23-20-24-19(22)25-26(18)20/h3-10,12,17-18H,11H2,1-2H3,(H3,22,23,24,25). The molecule has 26 heavy (non-hydrogen) atoms. The molecule has 2 heterocycles. The summed E-state index contributed by atoms with van der Waals surface area (Å²) in [6, 6.07) is 16.9. The van der Waals surface area contributed by atoms with Gasteiger partial charge in [-0.15, -0.1) is 5.10 Å². The lowest BCUT2D eigenvalue weighted by Gasteiger charge is -2.31. The van der Waals surface area contributed by atoms with Crippen LogP contribution in [-0.4, -0.2) is 14.8 Å². The second-order valence-corrected chi connectivity index (χ2v) is 7.50. The maximum Gasteiger partial charge on any atom is 0.241 e. The largest absolute Gasteiger partial charge is 0.366 e. The molecule has 0 radical (unpaired) electrons. The van der Waals surface area contributed by atoms with Gasteiger partial charge < -0.3 is 11.1 Å². The number of aromatic nitrogens is 3. The highest BCUT2D eigenvalue weighted by Crippen LogP contribution is 2.38. The van der Waals surface area contributed by atoms with Crippen LogP contribution in [0, 0.1) is 0 Å². The summed E-state index contributed by atoms with van der Waals surface area (Å²) in [6.07, 6.45) is 0.860. The molecule has 0 bridgehead atoms. The van der Waals surface area contributed by atoms with Crippen molar-refractivity contribution in [3.63, 3.8) is 0 Å². The van der Waals surface area contributed by atoms with E-state index in [9.17, 15) is 0 Å². The van der Waals surface area contributed by atoms with Gasteiger partial charge in [0, 0.05) is 5.02 Å². The maximum atomic E-state index is 6.04. The van der Waals surface area contributed by atoms with Crippen molar-refractivity contribution < 1.29 is 0 Å². The van der Waals surface area contributed by atoms with Gasteiger partial charge >= 0.3 is 0 Å². The Labute approximate surface area is 158 Å². The third-order valence-electron chi connectivity index (χ3n) is 4.97. The topological polar surface area (TPSA) is 68.8 Å². The van der Waals surface area contributed by atoms with Crippen LogP contribution in [0.5, 0.6) is 0 Å². The average Bonchev–Trinajstić information content (AvgIpc) is 3.01. The van der Waals surface area contributed by atoms with Crippen LogP contribution in [0.1, 0.15) is 55.0 Å². The van der Waals surface area contributed by atoms with E-state index in [4.69, 9.17) is 17.3 Å². The van der Waals surface area contributed by atoms with Crippen LogP contribution in [0.2, 0.25) is 5.02 Å². The summed E-state index contributed by atoms with van der Waals surface area (Å²) >= 11 is 6.04. The smallest absolute Gasteiger partial charge is 0.241 e. The van der Waals surface area contributed by atoms with E-state index in [1.54, 1.807) is 0 Å². The summed E-state index contributed by atoms with van der Waals surface area (Å²) in [4.78, 5) is 4.36. The number of nitrogens with zero attached hydrogens (tertiary/aromatic N) is 3. The molecular formula is C20H22ClN5. The summed E-state index contributed by atoms with van der Waals surface area (Å²) < 4.78 is 1.89. The fourth-order valence-corrected chi connectivity index (χ4v) is 3.61. The Morgan fingerprint density at radius 3 is 2.38 bits per heavy atom. The molecule has 5 nitrogen and oxygen atoms in total. The second kappa shape index (κ2) is 6.65. The van der Waals surface area contributed by atoms with Gasteiger partial charge in [-0.25, -0.2) is 4.68 Å². The van der Waals surface area contributed by atoms with Crippen molar-refractivity contribution >= 4 is 23.5 Å². The van der Waals surface area contributed by atoms with Crippen molar-refractivity contribution in [1.29, 1.82) is 0 Å². The Morgan fingerprint density at radius 2 is 1.73 bits per heavy atom. The molecule has 3 aromatic rings. The second-order valence-electron chi connectivity index (χ2n) is 7.06. The molecule has 0 saturated heterocycles. The Hall–Kier alpha value is -2.53. The zero-order valence-electron chi connectivity index (χ0n) is 14.9. The van der Waals surface area contributed by atoms with E-state index in [2.05, 4.69) is 53.5 Å². The zero-order valence-corrected chi connectivity index (χ0v) is 15.6. The number of nitrogen functional groups attached to an aromatic ring is 1. The first-order valence-corrected chi connectivity index (χ1v) is 9.23. The number of benzene rings is 2. The molecule has 0 saturated carbocycles. The van der Waals surface area contributed by atoms with E-state index in [1.165, 1.54) is 16.7 Å². The van der Waals surface area contributed by atoms with E-state index in [1.807, 2.05) is 28.9 Å². The molecule has 134 valence electrons. The monoisotopic (exact) mass is 367 g/mol. The van der Waals surface area contributed by atoms with Crippen LogP contribution in [0.4, 0.5) is 11.9 Å². The molecular weight excluding hydrogens is 346 g/mol. The first-order chi connectivity index (χ1) is 12.5. The van der Waals surface area contributed by atoms with Crippen LogP contribution >= 0.6 is 11.6 Å². The highest BCUT2D eigenvalue weighted by Gasteiger charge is 2.30.